The van der Waals surface area contributed by atoms with Gasteiger partial charge in [0.25, 0.3) is 0 Å². The van der Waals surface area contributed by atoms with E-state index in [0.717, 1.165) is 0 Å². The van der Waals surface area contributed by atoms with Crippen molar-refractivity contribution in [2.75, 3.05) is 11.9 Å². The molecule has 0 saturated carbocycles. The van der Waals surface area contributed by atoms with Gasteiger partial charge in [-0.1, -0.05) is 218 Å². The van der Waals surface area contributed by atoms with Crippen LogP contribution in [0.2, 0.25) is 0 Å². The molecular formula is C70H46N2. The van der Waals surface area contributed by atoms with Crippen molar-refractivity contribution in [2.45, 2.75) is 0 Å². The second kappa shape index (κ2) is 15.6. The SMILES string of the molecule is CN1c2cc(-c3c4ccccc4c(-c4ccccc4)c4ccccc34)ccc2-c2cc3c(c4cccc1c24)c1ccc(-c2ccc(-c4c5ccccc5c(-c5ccccc5)c5ccccc45)cc2)cc1n3C. The van der Waals surface area contributed by atoms with E-state index >= 15 is 0 Å². The number of rotatable bonds is 5. The molecule has 13 aromatic carbocycles. The number of hydrogen-bond acceptors (Lipinski definition) is 1. The first kappa shape index (κ1) is 40.6. The molecule has 0 aliphatic carbocycles. The highest BCUT2D eigenvalue weighted by molar-refractivity contribution is 6.29. The number of aryl methyl sites for hydroxylation is 1. The number of aromatic nitrogens is 1. The van der Waals surface area contributed by atoms with Crippen LogP contribution in [-0.4, -0.2) is 11.6 Å². The summed E-state index contributed by atoms with van der Waals surface area (Å²) in [5.74, 6) is 0. The lowest BCUT2D eigenvalue weighted by molar-refractivity contribution is 1.01. The Morgan fingerprint density at radius 1 is 0.236 bits per heavy atom. The van der Waals surface area contributed by atoms with E-state index in [-0.39, 0.29) is 0 Å². The van der Waals surface area contributed by atoms with Crippen molar-refractivity contribution < 1.29 is 0 Å². The van der Waals surface area contributed by atoms with Gasteiger partial charge in [0.1, 0.15) is 0 Å². The van der Waals surface area contributed by atoms with Gasteiger partial charge in [-0.3, -0.25) is 0 Å². The Labute approximate surface area is 417 Å². The first-order valence-electron chi connectivity index (χ1n) is 25.0. The van der Waals surface area contributed by atoms with Crippen LogP contribution in [-0.2, 0) is 7.05 Å². The van der Waals surface area contributed by atoms with Crippen molar-refractivity contribution in [2.24, 2.45) is 7.05 Å². The Morgan fingerprint density at radius 2 is 0.653 bits per heavy atom. The normalized spacial score (nSPS) is 12.3. The van der Waals surface area contributed by atoms with Gasteiger partial charge in [-0.05, 0) is 134 Å². The van der Waals surface area contributed by atoms with E-state index in [9.17, 15) is 0 Å². The van der Waals surface area contributed by atoms with Gasteiger partial charge in [0.15, 0.2) is 0 Å². The third kappa shape index (κ3) is 5.84. The molecule has 0 atom stereocenters. The predicted octanol–water partition coefficient (Wildman–Crippen LogP) is 19.2. The minimum absolute atomic E-state index is 1.20. The molecule has 1 aliphatic rings. The molecule has 0 bridgehead atoms. The molecule has 0 saturated heterocycles. The zero-order valence-electron chi connectivity index (χ0n) is 40.0. The van der Waals surface area contributed by atoms with Crippen LogP contribution in [0.4, 0.5) is 11.4 Å². The Morgan fingerprint density at radius 3 is 1.17 bits per heavy atom. The Bertz CT molecular complexity index is 4450. The fourth-order valence-corrected chi connectivity index (χ4v) is 12.7. The second-order valence-corrected chi connectivity index (χ2v) is 19.6. The van der Waals surface area contributed by atoms with Gasteiger partial charge in [-0.2, -0.15) is 0 Å². The van der Waals surface area contributed by atoms with Gasteiger partial charge in [0.2, 0.25) is 0 Å². The van der Waals surface area contributed by atoms with Crippen molar-refractivity contribution in [3.8, 4) is 66.8 Å². The summed E-state index contributed by atoms with van der Waals surface area (Å²) < 4.78 is 2.41. The third-order valence-corrected chi connectivity index (χ3v) is 15.9. The standard InChI is InChI=1S/C70H46N2/c1-71-61-31-17-30-59-69-58-39-36-47(43-32-34-46(35-33-43)67-52-24-11-9-22-50(52)65(44-18-5-3-6-19-44)51-23-10-12-25-53(51)67)40-63(58)72(2)64(69)42-60(70(59)61)49-38-37-48(41-62(49)71)68-56-28-15-13-26-54(56)66(45-20-7-4-8-21-45)55-27-14-16-29-57(55)68/h3-42H,1-2H3. The van der Waals surface area contributed by atoms with Crippen LogP contribution < -0.4 is 4.90 Å². The smallest absolute Gasteiger partial charge is 0.0501 e. The summed E-state index contributed by atoms with van der Waals surface area (Å²) in [5, 5.41) is 15.3. The van der Waals surface area contributed by atoms with E-state index in [1.807, 2.05) is 0 Å². The number of hydrogen-bond donors (Lipinski definition) is 0. The van der Waals surface area contributed by atoms with Crippen molar-refractivity contribution in [3.63, 3.8) is 0 Å². The first-order valence-corrected chi connectivity index (χ1v) is 25.0. The van der Waals surface area contributed by atoms with Crippen molar-refractivity contribution >= 4 is 87.0 Å². The first-order chi connectivity index (χ1) is 35.6. The summed E-state index contributed by atoms with van der Waals surface area (Å²) in [6.45, 7) is 0. The van der Waals surface area contributed by atoms with E-state index in [4.69, 9.17) is 0 Å². The Kier molecular flexibility index (Phi) is 8.82. The largest absolute Gasteiger partial charge is 0.344 e. The van der Waals surface area contributed by atoms with E-state index in [0.29, 0.717) is 0 Å². The van der Waals surface area contributed by atoms with Crippen LogP contribution >= 0.6 is 0 Å². The summed E-state index contributed by atoms with van der Waals surface area (Å²) in [4.78, 5) is 2.42. The average molecular weight is 915 g/mol. The van der Waals surface area contributed by atoms with Crippen LogP contribution in [0.3, 0.4) is 0 Å². The van der Waals surface area contributed by atoms with Gasteiger partial charge < -0.3 is 9.47 Å². The molecule has 1 aliphatic heterocycles. The van der Waals surface area contributed by atoms with E-state index in [1.54, 1.807) is 0 Å². The van der Waals surface area contributed by atoms with Gasteiger partial charge in [0, 0.05) is 52.7 Å². The van der Waals surface area contributed by atoms with Gasteiger partial charge in [0.05, 0.1) is 5.52 Å². The minimum atomic E-state index is 1.20. The van der Waals surface area contributed by atoms with Gasteiger partial charge in [-0.15, -0.1) is 0 Å². The topological polar surface area (TPSA) is 8.17 Å². The maximum absolute atomic E-state index is 2.46. The highest BCUT2D eigenvalue weighted by atomic mass is 15.1. The molecule has 0 spiro atoms. The molecule has 0 N–H and O–H groups in total. The molecule has 14 aromatic rings. The zero-order chi connectivity index (χ0) is 47.6. The number of nitrogens with zero attached hydrogens (tertiary/aromatic N) is 2. The molecule has 2 heterocycles. The molecule has 0 fully saturated rings. The number of benzene rings is 13. The summed E-state index contributed by atoms with van der Waals surface area (Å²) in [7, 11) is 4.48. The van der Waals surface area contributed by atoms with Gasteiger partial charge in [-0.25, -0.2) is 0 Å². The maximum atomic E-state index is 2.46. The fraction of sp³-hybridized carbons (Fsp3) is 0.0286. The lowest BCUT2D eigenvalue weighted by Crippen LogP contribution is -2.15. The minimum Gasteiger partial charge on any atom is -0.344 e. The van der Waals surface area contributed by atoms with Crippen LogP contribution in [0, 0.1) is 0 Å². The van der Waals surface area contributed by atoms with Crippen LogP contribution in [0.1, 0.15) is 0 Å². The Hall–Kier alpha value is -9.24. The molecular weight excluding hydrogens is 869 g/mol. The second-order valence-electron chi connectivity index (χ2n) is 19.6. The zero-order valence-corrected chi connectivity index (χ0v) is 40.0. The monoisotopic (exact) mass is 914 g/mol. The quantitative estimate of drug-likeness (QED) is 0.156. The molecule has 2 heteroatoms. The number of anilines is 2. The highest BCUT2D eigenvalue weighted by Crippen LogP contribution is 2.53. The Balaban J connectivity index is 0.855. The van der Waals surface area contributed by atoms with Crippen LogP contribution in [0.5, 0.6) is 0 Å². The van der Waals surface area contributed by atoms with Crippen molar-refractivity contribution in [1.29, 1.82) is 0 Å². The van der Waals surface area contributed by atoms with Gasteiger partial charge >= 0.3 is 0 Å². The average Bonchev–Trinajstić information content (AvgIpc) is 3.73. The molecule has 0 radical (unpaired) electrons. The molecule has 0 unspecified atom stereocenters. The molecule has 336 valence electrons. The summed E-state index contributed by atoms with van der Waals surface area (Å²) >= 11 is 0. The number of fused-ring (bicyclic) bond motifs is 10. The molecule has 0 amide bonds. The van der Waals surface area contributed by atoms with E-state index < -0.39 is 0 Å². The predicted molar refractivity (Wildman–Crippen MR) is 309 cm³/mol. The van der Waals surface area contributed by atoms with E-state index in [1.165, 1.54) is 154 Å². The fourth-order valence-electron chi connectivity index (χ4n) is 12.7. The lowest BCUT2D eigenvalue weighted by Gasteiger charge is -2.31. The van der Waals surface area contributed by atoms with Crippen molar-refractivity contribution in [1.82, 2.24) is 4.57 Å². The summed E-state index contributed by atoms with van der Waals surface area (Å²) in [5.41, 5.74) is 19.9. The molecule has 72 heavy (non-hydrogen) atoms. The third-order valence-electron chi connectivity index (χ3n) is 15.9. The maximum Gasteiger partial charge on any atom is 0.0501 e. The van der Waals surface area contributed by atoms with E-state index in [2.05, 4.69) is 266 Å². The highest BCUT2D eigenvalue weighted by Gasteiger charge is 2.27. The lowest BCUT2D eigenvalue weighted by atomic mass is 9.84. The van der Waals surface area contributed by atoms with Crippen LogP contribution in [0.25, 0.3) is 142 Å². The van der Waals surface area contributed by atoms with Crippen molar-refractivity contribution in [3.05, 3.63) is 243 Å². The summed E-state index contributed by atoms with van der Waals surface area (Å²) in [6, 6.07) is 90.2. The summed E-state index contributed by atoms with van der Waals surface area (Å²) in [6.07, 6.45) is 0. The molecule has 15 rings (SSSR count). The molecule has 1 aromatic heterocycles. The van der Waals surface area contributed by atoms with Crippen LogP contribution in [0.15, 0.2) is 243 Å². The molecule has 2 nitrogen and oxygen atoms in total.